The second kappa shape index (κ2) is 4.51. The lowest BCUT2D eigenvalue weighted by atomic mass is 9.88. The Morgan fingerprint density at radius 1 is 1.53 bits per heavy atom. The molecule has 2 aliphatic rings. The lowest BCUT2D eigenvalue weighted by Crippen LogP contribution is -2.38. The van der Waals surface area contributed by atoms with E-state index in [9.17, 15) is 5.26 Å². The lowest BCUT2D eigenvalue weighted by molar-refractivity contribution is -0.0909. The molecule has 3 atom stereocenters. The third-order valence-electron chi connectivity index (χ3n) is 3.33. The third-order valence-corrected chi connectivity index (χ3v) is 3.33. The summed E-state index contributed by atoms with van der Waals surface area (Å²) in [5, 5.41) is 9.23. The Morgan fingerprint density at radius 2 is 2.33 bits per heavy atom. The standard InChI is InChI=1S/C12H19NO2/c1-10-4-2-6-12(9-13,15-10)7-3-5-11-8-14-11/h10-11H,2-8H2,1H3/t10-,11-,12-/m0/s1. The zero-order chi connectivity index (χ0) is 10.7. The molecule has 0 aromatic rings. The highest BCUT2D eigenvalue weighted by Gasteiger charge is 2.36. The fourth-order valence-corrected chi connectivity index (χ4v) is 2.35. The molecule has 3 heteroatoms. The fraction of sp³-hybridized carbons (Fsp3) is 0.917. The zero-order valence-corrected chi connectivity index (χ0v) is 9.37. The minimum atomic E-state index is -0.493. The molecular formula is C12H19NO2. The van der Waals surface area contributed by atoms with E-state index in [0.29, 0.717) is 6.10 Å². The Balaban J connectivity index is 1.80. The Bertz CT molecular complexity index is 257. The summed E-state index contributed by atoms with van der Waals surface area (Å²) in [6.07, 6.45) is 6.83. The largest absolute Gasteiger partial charge is 0.373 e. The van der Waals surface area contributed by atoms with E-state index in [1.807, 2.05) is 0 Å². The first-order valence-electron chi connectivity index (χ1n) is 5.95. The molecule has 0 unspecified atom stereocenters. The van der Waals surface area contributed by atoms with Crippen molar-refractivity contribution in [2.75, 3.05) is 6.61 Å². The maximum absolute atomic E-state index is 9.23. The van der Waals surface area contributed by atoms with Gasteiger partial charge in [0.2, 0.25) is 0 Å². The van der Waals surface area contributed by atoms with Crippen LogP contribution in [0.1, 0.15) is 45.4 Å². The van der Waals surface area contributed by atoms with Gasteiger partial charge in [-0.2, -0.15) is 5.26 Å². The summed E-state index contributed by atoms with van der Waals surface area (Å²) >= 11 is 0. The summed E-state index contributed by atoms with van der Waals surface area (Å²) < 4.78 is 11.0. The molecule has 84 valence electrons. The molecule has 3 nitrogen and oxygen atoms in total. The Hall–Kier alpha value is -0.590. The van der Waals surface area contributed by atoms with E-state index >= 15 is 0 Å². The van der Waals surface area contributed by atoms with Crippen molar-refractivity contribution in [2.24, 2.45) is 0 Å². The van der Waals surface area contributed by atoms with Crippen LogP contribution in [0.5, 0.6) is 0 Å². The van der Waals surface area contributed by atoms with Crippen LogP contribution in [0.15, 0.2) is 0 Å². The van der Waals surface area contributed by atoms with E-state index in [4.69, 9.17) is 9.47 Å². The molecule has 0 amide bonds. The molecular weight excluding hydrogens is 190 g/mol. The molecule has 0 saturated carbocycles. The van der Waals surface area contributed by atoms with Gasteiger partial charge in [0, 0.05) is 0 Å². The monoisotopic (exact) mass is 209 g/mol. The van der Waals surface area contributed by atoms with Gasteiger partial charge in [-0.3, -0.25) is 0 Å². The van der Waals surface area contributed by atoms with Crippen LogP contribution in [0.2, 0.25) is 0 Å². The Labute approximate surface area is 91.4 Å². The number of rotatable bonds is 4. The van der Waals surface area contributed by atoms with E-state index in [2.05, 4.69) is 13.0 Å². The quantitative estimate of drug-likeness (QED) is 0.668. The molecule has 0 aliphatic carbocycles. The summed E-state index contributed by atoms with van der Waals surface area (Å²) in [6, 6.07) is 2.38. The van der Waals surface area contributed by atoms with Crippen molar-refractivity contribution < 1.29 is 9.47 Å². The second-order valence-corrected chi connectivity index (χ2v) is 4.77. The molecule has 0 radical (unpaired) electrons. The van der Waals surface area contributed by atoms with Gasteiger partial charge in [0.15, 0.2) is 5.60 Å². The summed E-state index contributed by atoms with van der Waals surface area (Å²) in [4.78, 5) is 0. The fourth-order valence-electron chi connectivity index (χ4n) is 2.35. The predicted molar refractivity (Wildman–Crippen MR) is 56.3 cm³/mol. The van der Waals surface area contributed by atoms with E-state index in [-0.39, 0.29) is 6.10 Å². The van der Waals surface area contributed by atoms with Crippen LogP contribution in [-0.2, 0) is 9.47 Å². The topological polar surface area (TPSA) is 45.5 Å². The minimum Gasteiger partial charge on any atom is -0.373 e. The first kappa shape index (κ1) is 10.9. The Morgan fingerprint density at radius 3 is 2.93 bits per heavy atom. The van der Waals surface area contributed by atoms with E-state index in [1.165, 1.54) is 0 Å². The molecule has 15 heavy (non-hydrogen) atoms. The van der Waals surface area contributed by atoms with Gasteiger partial charge in [0.1, 0.15) is 0 Å². The molecule has 2 aliphatic heterocycles. The van der Waals surface area contributed by atoms with Gasteiger partial charge in [0.25, 0.3) is 0 Å². The number of nitriles is 1. The van der Waals surface area contributed by atoms with E-state index < -0.39 is 5.60 Å². The number of ether oxygens (including phenoxy) is 2. The van der Waals surface area contributed by atoms with Crippen LogP contribution < -0.4 is 0 Å². The van der Waals surface area contributed by atoms with Crippen molar-refractivity contribution in [3.63, 3.8) is 0 Å². The molecule has 2 heterocycles. The number of hydrogen-bond acceptors (Lipinski definition) is 3. The van der Waals surface area contributed by atoms with Gasteiger partial charge >= 0.3 is 0 Å². The van der Waals surface area contributed by atoms with Crippen LogP contribution in [0.4, 0.5) is 0 Å². The highest BCUT2D eigenvalue weighted by molar-refractivity contribution is 5.04. The Kier molecular flexibility index (Phi) is 3.28. The minimum absolute atomic E-state index is 0.246. The van der Waals surface area contributed by atoms with Gasteiger partial charge in [-0.25, -0.2) is 0 Å². The molecule has 0 spiro atoms. The summed E-state index contributed by atoms with van der Waals surface area (Å²) in [5.41, 5.74) is -0.493. The third kappa shape index (κ3) is 2.93. The molecule has 0 aromatic heterocycles. The van der Waals surface area contributed by atoms with Gasteiger partial charge in [-0.05, 0) is 45.4 Å². The smallest absolute Gasteiger partial charge is 0.154 e. The van der Waals surface area contributed by atoms with E-state index in [0.717, 1.165) is 45.1 Å². The molecule has 0 bridgehead atoms. The molecule has 0 N–H and O–H groups in total. The number of hydrogen-bond donors (Lipinski definition) is 0. The van der Waals surface area contributed by atoms with Crippen LogP contribution in [0.25, 0.3) is 0 Å². The first-order valence-corrected chi connectivity index (χ1v) is 5.95. The molecule has 2 rings (SSSR count). The highest BCUT2D eigenvalue weighted by Crippen LogP contribution is 2.33. The van der Waals surface area contributed by atoms with E-state index in [1.54, 1.807) is 0 Å². The van der Waals surface area contributed by atoms with Crippen molar-refractivity contribution >= 4 is 0 Å². The number of nitrogens with zero attached hydrogens (tertiary/aromatic N) is 1. The number of epoxide rings is 1. The van der Waals surface area contributed by atoms with Crippen LogP contribution in [-0.4, -0.2) is 24.4 Å². The first-order chi connectivity index (χ1) is 7.24. The summed E-state index contributed by atoms with van der Waals surface area (Å²) in [7, 11) is 0. The predicted octanol–water partition coefficient (Wildman–Crippen LogP) is 2.41. The van der Waals surface area contributed by atoms with Gasteiger partial charge in [-0.15, -0.1) is 0 Å². The maximum Gasteiger partial charge on any atom is 0.154 e. The van der Waals surface area contributed by atoms with Gasteiger partial charge in [0.05, 0.1) is 24.9 Å². The lowest BCUT2D eigenvalue weighted by Gasteiger charge is -2.35. The molecule has 2 saturated heterocycles. The van der Waals surface area contributed by atoms with Crippen LogP contribution >= 0.6 is 0 Å². The highest BCUT2D eigenvalue weighted by atomic mass is 16.6. The summed E-state index contributed by atoms with van der Waals surface area (Å²) in [5.74, 6) is 0. The average molecular weight is 209 g/mol. The average Bonchev–Trinajstić information content (AvgIpc) is 3.02. The molecule has 0 aromatic carbocycles. The summed E-state index contributed by atoms with van der Waals surface area (Å²) in [6.45, 7) is 2.98. The van der Waals surface area contributed by atoms with Crippen molar-refractivity contribution in [1.82, 2.24) is 0 Å². The zero-order valence-electron chi connectivity index (χ0n) is 9.37. The second-order valence-electron chi connectivity index (χ2n) is 4.77. The maximum atomic E-state index is 9.23. The van der Waals surface area contributed by atoms with Gasteiger partial charge in [-0.1, -0.05) is 0 Å². The van der Waals surface area contributed by atoms with Crippen LogP contribution in [0.3, 0.4) is 0 Å². The van der Waals surface area contributed by atoms with Gasteiger partial charge < -0.3 is 9.47 Å². The van der Waals surface area contributed by atoms with Crippen molar-refractivity contribution in [3.8, 4) is 6.07 Å². The normalized spacial score (nSPS) is 39.7. The van der Waals surface area contributed by atoms with Crippen molar-refractivity contribution in [1.29, 1.82) is 5.26 Å². The SMILES string of the molecule is C[C@H]1CCC[C@@](C#N)(CCC[C@H]2CO2)O1. The van der Waals surface area contributed by atoms with Crippen LogP contribution in [0, 0.1) is 11.3 Å². The van der Waals surface area contributed by atoms with Crippen molar-refractivity contribution in [3.05, 3.63) is 0 Å². The van der Waals surface area contributed by atoms with Crippen molar-refractivity contribution in [2.45, 2.75) is 63.3 Å². The molecule has 2 fully saturated rings.